The molecular weight excluding hydrogens is 298 g/mol. The zero-order chi connectivity index (χ0) is 16.4. The molecule has 1 atom stereocenters. The Kier molecular flexibility index (Phi) is 3.97. The van der Waals surface area contributed by atoms with Gasteiger partial charge in [0.05, 0.1) is 19.9 Å². The Morgan fingerprint density at radius 3 is 2.65 bits per heavy atom. The lowest BCUT2D eigenvalue weighted by molar-refractivity contribution is -0.123. The Balaban J connectivity index is 1.82. The summed E-state index contributed by atoms with van der Waals surface area (Å²) in [6.45, 7) is 0. The number of rotatable bonds is 4. The molecule has 0 aromatic heterocycles. The van der Waals surface area contributed by atoms with E-state index in [9.17, 15) is 9.90 Å². The second-order valence-electron chi connectivity index (χ2n) is 5.17. The topological polar surface area (TPSA) is 77.0 Å². The van der Waals surface area contributed by atoms with Gasteiger partial charge >= 0.3 is 0 Å². The van der Waals surface area contributed by atoms with Gasteiger partial charge in [-0.2, -0.15) is 0 Å². The van der Waals surface area contributed by atoms with E-state index < -0.39 is 6.10 Å². The molecule has 6 nitrogen and oxygen atoms in total. The van der Waals surface area contributed by atoms with E-state index in [1.54, 1.807) is 26.4 Å². The maximum absolute atomic E-state index is 12.2. The van der Waals surface area contributed by atoms with Crippen LogP contribution in [0.5, 0.6) is 23.0 Å². The minimum Gasteiger partial charge on any atom is -0.508 e. The molecule has 3 rings (SSSR count). The molecule has 0 aliphatic carbocycles. The first-order valence-electron chi connectivity index (χ1n) is 7.12. The van der Waals surface area contributed by atoms with E-state index in [-0.39, 0.29) is 11.7 Å². The second kappa shape index (κ2) is 6.08. The summed E-state index contributed by atoms with van der Waals surface area (Å²) in [6.07, 6.45) is -0.302. The molecule has 0 radical (unpaired) electrons. The Hall–Kier alpha value is -2.89. The molecule has 1 aliphatic rings. The number of benzene rings is 2. The van der Waals surface area contributed by atoms with E-state index in [2.05, 4.69) is 5.32 Å². The van der Waals surface area contributed by atoms with Crippen LogP contribution in [0.4, 0.5) is 5.69 Å². The molecule has 0 bridgehead atoms. The lowest BCUT2D eigenvalue weighted by atomic mass is 10.0. The van der Waals surface area contributed by atoms with Crippen molar-refractivity contribution in [3.05, 3.63) is 42.0 Å². The van der Waals surface area contributed by atoms with Crippen LogP contribution in [0.2, 0.25) is 0 Å². The highest BCUT2D eigenvalue weighted by atomic mass is 16.5. The van der Waals surface area contributed by atoms with Crippen LogP contribution in [-0.4, -0.2) is 31.3 Å². The maximum Gasteiger partial charge on any atom is 0.265 e. The molecule has 6 heteroatoms. The van der Waals surface area contributed by atoms with Gasteiger partial charge in [0, 0.05) is 12.5 Å². The average Bonchev–Trinajstić information content (AvgIpc) is 2.55. The molecule has 1 amide bonds. The Morgan fingerprint density at radius 2 is 1.91 bits per heavy atom. The Morgan fingerprint density at radius 1 is 1.13 bits per heavy atom. The van der Waals surface area contributed by atoms with E-state index >= 15 is 0 Å². The number of carbonyl (C=O) groups is 1. The van der Waals surface area contributed by atoms with Crippen LogP contribution in [0.3, 0.4) is 0 Å². The number of carbonyl (C=O) groups excluding carboxylic acids is 1. The van der Waals surface area contributed by atoms with Crippen molar-refractivity contribution in [1.29, 1.82) is 0 Å². The Bertz CT molecular complexity index is 744. The largest absolute Gasteiger partial charge is 0.508 e. The van der Waals surface area contributed by atoms with Gasteiger partial charge in [0.15, 0.2) is 17.6 Å². The SMILES string of the molecule is COc1ccc(CC2Oc3cc(O)ccc3NC2=O)cc1OC. The van der Waals surface area contributed by atoms with Gasteiger partial charge < -0.3 is 24.6 Å². The number of aromatic hydroxyl groups is 1. The number of methoxy groups -OCH3 is 2. The fourth-order valence-electron chi connectivity index (χ4n) is 2.49. The van der Waals surface area contributed by atoms with Gasteiger partial charge in [0.2, 0.25) is 0 Å². The van der Waals surface area contributed by atoms with Crippen LogP contribution in [0.15, 0.2) is 36.4 Å². The third-order valence-electron chi connectivity index (χ3n) is 3.65. The lowest BCUT2D eigenvalue weighted by Gasteiger charge is -2.26. The number of fused-ring (bicyclic) bond motifs is 1. The van der Waals surface area contributed by atoms with Crippen molar-refractivity contribution < 1.29 is 24.1 Å². The van der Waals surface area contributed by atoms with Gasteiger partial charge in [-0.15, -0.1) is 0 Å². The highest BCUT2D eigenvalue weighted by molar-refractivity contribution is 5.98. The van der Waals surface area contributed by atoms with Crippen molar-refractivity contribution in [2.75, 3.05) is 19.5 Å². The average molecular weight is 315 g/mol. The third kappa shape index (κ3) is 3.01. The Labute approximate surface area is 133 Å². The van der Waals surface area contributed by atoms with Crippen LogP contribution in [0.1, 0.15) is 5.56 Å². The van der Waals surface area contributed by atoms with Crippen molar-refractivity contribution in [2.45, 2.75) is 12.5 Å². The van der Waals surface area contributed by atoms with Gasteiger partial charge in [0.25, 0.3) is 5.91 Å². The fourth-order valence-corrected chi connectivity index (χ4v) is 2.49. The monoisotopic (exact) mass is 315 g/mol. The van der Waals surface area contributed by atoms with E-state index in [1.165, 1.54) is 12.1 Å². The predicted molar refractivity (Wildman–Crippen MR) is 84.4 cm³/mol. The zero-order valence-electron chi connectivity index (χ0n) is 12.8. The number of phenolic OH excluding ortho intramolecular Hbond substituents is 1. The molecule has 23 heavy (non-hydrogen) atoms. The molecule has 0 saturated heterocycles. The summed E-state index contributed by atoms with van der Waals surface area (Å²) < 4.78 is 16.2. The number of anilines is 1. The van der Waals surface area contributed by atoms with Crippen molar-refractivity contribution >= 4 is 11.6 Å². The summed E-state index contributed by atoms with van der Waals surface area (Å²) in [6, 6.07) is 10.0. The lowest BCUT2D eigenvalue weighted by Crippen LogP contribution is -2.38. The third-order valence-corrected chi connectivity index (χ3v) is 3.65. The maximum atomic E-state index is 12.2. The predicted octanol–water partition coefficient (Wildman–Crippen LogP) is 2.35. The van der Waals surface area contributed by atoms with Gasteiger partial charge in [-0.25, -0.2) is 0 Å². The van der Waals surface area contributed by atoms with Gasteiger partial charge in [-0.3, -0.25) is 4.79 Å². The standard InChI is InChI=1S/C17H17NO5/c1-21-13-6-3-10(7-15(13)22-2)8-16-17(20)18-12-5-4-11(19)9-14(12)23-16/h3-7,9,16,19H,8H2,1-2H3,(H,18,20). The van der Waals surface area contributed by atoms with Crippen LogP contribution < -0.4 is 19.5 Å². The van der Waals surface area contributed by atoms with Crippen LogP contribution in [0.25, 0.3) is 0 Å². The minimum atomic E-state index is -0.678. The van der Waals surface area contributed by atoms with Crippen molar-refractivity contribution in [3.63, 3.8) is 0 Å². The van der Waals surface area contributed by atoms with Gasteiger partial charge in [-0.1, -0.05) is 6.07 Å². The highest BCUT2D eigenvalue weighted by Crippen LogP contribution is 2.34. The number of nitrogens with one attached hydrogen (secondary N) is 1. The number of phenols is 1. The summed E-state index contributed by atoms with van der Waals surface area (Å²) in [5.41, 5.74) is 1.43. The molecule has 0 saturated carbocycles. The summed E-state index contributed by atoms with van der Waals surface area (Å²) in [7, 11) is 3.13. The number of hydrogen-bond donors (Lipinski definition) is 2. The zero-order valence-corrected chi connectivity index (χ0v) is 12.8. The highest BCUT2D eigenvalue weighted by Gasteiger charge is 2.28. The first-order chi connectivity index (χ1) is 11.1. The molecule has 120 valence electrons. The molecule has 1 aliphatic heterocycles. The van der Waals surface area contributed by atoms with Gasteiger partial charge in [-0.05, 0) is 29.8 Å². The molecule has 0 fully saturated rings. The molecule has 0 spiro atoms. The molecule has 2 aromatic rings. The van der Waals surface area contributed by atoms with Gasteiger partial charge in [0.1, 0.15) is 11.5 Å². The quantitative estimate of drug-likeness (QED) is 0.847. The van der Waals surface area contributed by atoms with Crippen molar-refractivity contribution in [2.24, 2.45) is 0 Å². The van der Waals surface area contributed by atoms with Crippen molar-refractivity contribution in [3.8, 4) is 23.0 Å². The number of amides is 1. The molecule has 2 aromatic carbocycles. The summed E-state index contributed by atoms with van der Waals surface area (Å²) >= 11 is 0. The molecule has 2 N–H and O–H groups in total. The van der Waals surface area contributed by atoms with Crippen LogP contribution in [-0.2, 0) is 11.2 Å². The van der Waals surface area contributed by atoms with E-state index in [0.29, 0.717) is 29.4 Å². The van der Waals surface area contributed by atoms with E-state index in [4.69, 9.17) is 14.2 Å². The van der Waals surface area contributed by atoms with Crippen LogP contribution >= 0.6 is 0 Å². The van der Waals surface area contributed by atoms with E-state index in [1.807, 2.05) is 12.1 Å². The fraction of sp³-hybridized carbons (Fsp3) is 0.235. The molecular formula is C17H17NO5. The first kappa shape index (κ1) is 15.0. The molecule has 1 heterocycles. The normalized spacial score (nSPS) is 16.1. The number of hydrogen-bond acceptors (Lipinski definition) is 5. The van der Waals surface area contributed by atoms with Crippen molar-refractivity contribution in [1.82, 2.24) is 0 Å². The first-order valence-corrected chi connectivity index (χ1v) is 7.12. The summed E-state index contributed by atoms with van der Waals surface area (Å²) in [4.78, 5) is 12.2. The molecule has 1 unspecified atom stereocenters. The smallest absolute Gasteiger partial charge is 0.265 e. The second-order valence-corrected chi connectivity index (χ2v) is 5.17. The van der Waals surface area contributed by atoms with E-state index in [0.717, 1.165) is 5.56 Å². The number of ether oxygens (including phenoxy) is 3. The van der Waals surface area contributed by atoms with Crippen LogP contribution in [0, 0.1) is 0 Å². The summed E-state index contributed by atoms with van der Waals surface area (Å²) in [5.74, 6) is 1.54. The minimum absolute atomic E-state index is 0.0877. The summed E-state index contributed by atoms with van der Waals surface area (Å²) in [5, 5.41) is 12.3.